The number of ether oxygens (including phenoxy) is 1. The number of likely N-dealkylation sites (N-methyl/N-ethyl adjacent to an activating group) is 1. The average molecular weight is 291 g/mol. The third-order valence-corrected chi connectivity index (χ3v) is 3.36. The van der Waals surface area contributed by atoms with E-state index < -0.39 is 4.92 Å². The van der Waals surface area contributed by atoms with Crippen molar-refractivity contribution in [2.45, 2.75) is 13.0 Å². The molecule has 1 aromatic rings. The number of hydrogen-bond acceptors (Lipinski definition) is 7. The Bertz CT molecular complexity index is 557. The van der Waals surface area contributed by atoms with Gasteiger partial charge in [-0.1, -0.05) is 6.92 Å². The minimum absolute atomic E-state index is 0.0428. The summed E-state index contributed by atoms with van der Waals surface area (Å²) in [5.41, 5.74) is -0.473. The fraction of sp³-hybridized carbons (Fsp3) is 0.538. The largest absolute Gasteiger partial charge is 0.374 e. The lowest BCUT2D eigenvalue weighted by atomic mass is 10.2. The molecule has 1 aliphatic rings. The first-order chi connectivity index (χ1) is 10.1. The molecule has 2 heterocycles. The van der Waals surface area contributed by atoms with Crippen molar-refractivity contribution < 1.29 is 9.66 Å². The van der Waals surface area contributed by atoms with Crippen LogP contribution in [0.5, 0.6) is 0 Å². The predicted molar refractivity (Wildman–Crippen MR) is 76.0 cm³/mol. The Balaban J connectivity index is 1.97. The van der Waals surface area contributed by atoms with E-state index in [4.69, 9.17) is 10.00 Å². The van der Waals surface area contributed by atoms with Crippen LogP contribution in [0.2, 0.25) is 0 Å². The van der Waals surface area contributed by atoms with Crippen LogP contribution in [0.15, 0.2) is 12.1 Å². The number of anilines is 1. The summed E-state index contributed by atoms with van der Waals surface area (Å²) in [5.74, 6) is 0.439. The lowest BCUT2D eigenvalue weighted by Crippen LogP contribution is -2.45. The number of nitriles is 1. The Morgan fingerprint density at radius 2 is 2.48 bits per heavy atom. The van der Waals surface area contributed by atoms with Gasteiger partial charge in [0, 0.05) is 25.7 Å². The van der Waals surface area contributed by atoms with Gasteiger partial charge in [0.25, 0.3) is 0 Å². The Morgan fingerprint density at radius 1 is 1.67 bits per heavy atom. The number of aromatic nitrogens is 1. The molecule has 0 saturated carbocycles. The molecule has 1 unspecified atom stereocenters. The van der Waals surface area contributed by atoms with E-state index in [9.17, 15) is 10.1 Å². The van der Waals surface area contributed by atoms with Crippen molar-refractivity contribution in [3.63, 3.8) is 0 Å². The third kappa shape index (κ3) is 3.87. The second-order valence-corrected chi connectivity index (χ2v) is 4.70. The zero-order valence-corrected chi connectivity index (χ0v) is 11.8. The van der Waals surface area contributed by atoms with Gasteiger partial charge in [-0.3, -0.25) is 15.0 Å². The zero-order valence-electron chi connectivity index (χ0n) is 11.8. The highest BCUT2D eigenvalue weighted by atomic mass is 16.6. The van der Waals surface area contributed by atoms with Crippen LogP contribution in [0.3, 0.4) is 0 Å². The van der Waals surface area contributed by atoms with E-state index in [0.717, 1.165) is 19.6 Å². The molecular formula is C13H17N5O3. The van der Waals surface area contributed by atoms with Crippen LogP contribution in [0.4, 0.5) is 11.5 Å². The molecule has 112 valence electrons. The number of rotatable bonds is 5. The van der Waals surface area contributed by atoms with Crippen LogP contribution in [-0.4, -0.2) is 53.7 Å². The molecule has 21 heavy (non-hydrogen) atoms. The molecule has 1 saturated heterocycles. The van der Waals surface area contributed by atoms with Gasteiger partial charge < -0.3 is 10.1 Å². The van der Waals surface area contributed by atoms with Crippen molar-refractivity contribution in [2.75, 3.05) is 38.1 Å². The molecule has 0 amide bonds. The summed E-state index contributed by atoms with van der Waals surface area (Å²) >= 11 is 0. The first-order valence-electron chi connectivity index (χ1n) is 6.77. The minimum atomic E-state index is -0.612. The molecule has 8 heteroatoms. The molecule has 8 nitrogen and oxygen atoms in total. The van der Waals surface area contributed by atoms with E-state index in [0.29, 0.717) is 19.0 Å². The maximum atomic E-state index is 10.7. The summed E-state index contributed by atoms with van der Waals surface area (Å²) in [7, 11) is 0. The van der Waals surface area contributed by atoms with Gasteiger partial charge in [-0.05, 0) is 12.6 Å². The fourth-order valence-corrected chi connectivity index (χ4v) is 2.19. The molecule has 1 aromatic heterocycles. The van der Waals surface area contributed by atoms with E-state index in [2.05, 4.69) is 22.1 Å². The van der Waals surface area contributed by atoms with Gasteiger partial charge in [0.05, 0.1) is 17.6 Å². The number of nitrogens with one attached hydrogen (secondary N) is 1. The van der Waals surface area contributed by atoms with Crippen molar-refractivity contribution in [2.24, 2.45) is 0 Å². The van der Waals surface area contributed by atoms with Gasteiger partial charge in [0.15, 0.2) is 0 Å². The van der Waals surface area contributed by atoms with Crippen molar-refractivity contribution in [1.29, 1.82) is 5.26 Å². The smallest absolute Gasteiger partial charge is 0.305 e. The van der Waals surface area contributed by atoms with E-state index >= 15 is 0 Å². The van der Waals surface area contributed by atoms with Crippen LogP contribution in [0, 0.1) is 21.4 Å². The van der Waals surface area contributed by atoms with Crippen molar-refractivity contribution in [3.05, 3.63) is 27.9 Å². The summed E-state index contributed by atoms with van der Waals surface area (Å²) in [6.07, 6.45) is 0.0428. The molecule has 0 spiro atoms. The Hall–Kier alpha value is -2.24. The fourth-order valence-electron chi connectivity index (χ4n) is 2.19. The molecule has 0 aromatic carbocycles. The van der Waals surface area contributed by atoms with E-state index in [-0.39, 0.29) is 17.5 Å². The predicted octanol–water partition coefficient (Wildman–Crippen LogP) is 0.994. The summed E-state index contributed by atoms with van der Waals surface area (Å²) in [4.78, 5) is 16.4. The van der Waals surface area contributed by atoms with Gasteiger partial charge in [-0.15, -0.1) is 0 Å². The molecule has 0 bridgehead atoms. The summed E-state index contributed by atoms with van der Waals surface area (Å²) in [5, 5.41) is 22.7. The Kier molecular flexibility index (Phi) is 5.03. The highest BCUT2D eigenvalue weighted by Gasteiger charge is 2.20. The van der Waals surface area contributed by atoms with Crippen LogP contribution in [0.25, 0.3) is 0 Å². The zero-order chi connectivity index (χ0) is 15.2. The molecule has 1 N–H and O–H groups in total. The lowest BCUT2D eigenvalue weighted by molar-refractivity contribution is -0.385. The molecule has 2 rings (SSSR count). The maximum absolute atomic E-state index is 10.7. The molecule has 0 aliphatic carbocycles. The van der Waals surface area contributed by atoms with Crippen LogP contribution in [-0.2, 0) is 4.74 Å². The van der Waals surface area contributed by atoms with Crippen LogP contribution in [0.1, 0.15) is 12.6 Å². The van der Waals surface area contributed by atoms with Gasteiger partial charge in [0.2, 0.25) is 5.69 Å². The Morgan fingerprint density at radius 3 is 3.14 bits per heavy atom. The van der Waals surface area contributed by atoms with Crippen molar-refractivity contribution >= 4 is 11.5 Å². The number of morpholine rings is 1. The van der Waals surface area contributed by atoms with E-state index in [1.807, 2.05) is 0 Å². The summed E-state index contributed by atoms with van der Waals surface area (Å²) in [6, 6.07) is 4.52. The van der Waals surface area contributed by atoms with Crippen LogP contribution < -0.4 is 5.32 Å². The summed E-state index contributed by atoms with van der Waals surface area (Å²) < 4.78 is 5.65. The first-order valence-corrected chi connectivity index (χ1v) is 6.77. The molecular weight excluding hydrogens is 274 g/mol. The average Bonchev–Trinajstić information content (AvgIpc) is 2.52. The second kappa shape index (κ2) is 6.97. The highest BCUT2D eigenvalue weighted by Crippen LogP contribution is 2.18. The maximum Gasteiger partial charge on any atom is 0.305 e. The topological polar surface area (TPSA) is 104 Å². The monoisotopic (exact) mass is 291 g/mol. The first kappa shape index (κ1) is 15.2. The second-order valence-electron chi connectivity index (χ2n) is 4.70. The molecule has 0 radical (unpaired) electrons. The Labute approximate surface area is 122 Å². The minimum Gasteiger partial charge on any atom is -0.374 e. The number of hydrogen-bond donors (Lipinski definition) is 1. The van der Waals surface area contributed by atoms with Gasteiger partial charge in [0.1, 0.15) is 11.9 Å². The SMILES string of the molecule is CCN1CCOC(CNc2ccc([N+](=O)[O-])c(C#N)n2)C1. The quantitative estimate of drug-likeness (QED) is 0.637. The van der Waals surface area contributed by atoms with E-state index in [1.54, 1.807) is 6.07 Å². The molecule has 1 aliphatic heterocycles. The van der Waals surface area contributed by atoms with Crippen molar-refractivity contribution in [3.8, 4) is 6.07 Å². The van der Waals surface area contributed by atoms with Crippen molar-refractivity contribution in [1.82, 2.24) is 9.88 Å². The number of nitro groups is 1. The highest BCUT2D eigenvalue weighted by molar-refractivity contribution is 5.50. The lowest BCUT2D eigenvalue weighted by Gasteiger charge is -2.32. The number of pyridine rings is 1. The van der Waals surface area contributed by atoms with Crippen LogP contribution >= 0.6 is 0 Å². The normalized spacial score (nSPS) is 19.0. The molecule has 1 atom stereocenters. The van der Waals surface area contributed by atoms with Gasteiger partial charge >= 0.3 is 5.69 Å². The standard InChI is InChI=1S/C13H17N5O3/c1-2-17-5-6-21-10(9-17)8-15-13-4-3-12(18(19)20)11(7-14)16-13/h3-4,10H,2,5-6,8-9H2,1H3,(H,15,16). The summed E-state index contributed by atoms with van der Waals surface area (Å²) in [6.45, 7) is 6.09. The molecule has 1 fully saturated rings. The van der Waals surface area contributed by atoms with Gasteiger partial charge in [-0.2, -0.15) is 5.26 Å². The third-order valence-electron chi connectivity index (χ3n) is 3.36. The number of nitrogens with zero attached hydrogens (tertiary/aromatic N) is 4. The van der Waals surface area contributed by atoms with Gasteiger partial charge in [-0.25, -0.2) is 4.98 Å². The van der Waals surface area contributed by atoms with E-state index in [1.165, 1.54) is 12.1 Å².